The van der Waals surface area contributed by atoms with Crippen molar-refractivity contribution in [1.29, 1.82) is 0 Å². The first-order valence-corrected chi connectivity index (χ1v) is 12.0. The molecule has 3 rings (SSSR count). The highest BCUT2D eigenvalue weighted by atomic mass is 32.1. The molecule has 0 spiro atoms. The Morgan fingerprint density at radius 1 is 1.26 bits per heavy atom. The Kier molecular flexibility index (Phi) is 8.46. The van der Waals surface area contributed by atoms with Gasteiger partial charge < -0.3 is 14.4 Å². The van der Waals surface area contributed by atoms with Crippen molar-refractivity contribution >= 4 is 23.2 Å². The van der Waals surface area contributed by atoms with Crippen molar-refractivity contribution in [3.63, 3.8) is 0 Å². The maximum atomic E-state index is 13.2. The van der Waals surface area contributed by atoms with Crippen molar-refractivity contribution in [2.24, 2.45) is 5.92 Å². The number of piperidine rings is 1. The van der Waals surface area contributed by atoms with E-state index in [0.29, 0.717) is 25.1 Å². The monoisotopic (exact) mass is 444 g/mol. The molecule has 1 aromatic heterocycles. The molecule has 1 amide bonds. The molecule has 7 heteroatoms. The van der Waals surface area contributed by atoms with Gasteiger partial charge in [-0.05, 0) is 31.7 Å². The van der Waals surface area contributed by atoms with Gasteiger partial charge >= 0.3 is 5.97 Å². The smallest absolute Gasteiger partial charge is 0.311 e. The Hall–Kier alpha value is -2.41. The number of hydrogen-bond donors (Lipinski definition) is 0. The minimum absolute atomic E-state index is 0.0807. The molecule has 0 saturated carbocycles. The quantitative estimate of drug-likeness (QED) is 0.486. The van der Waals surface area contributed by atoms with E-state index in [1.54, 1.807) is 18.4 Å². The van der Waals surface area contributed by atoms with E-state index in [1.165, 1.54) is 0 Å². The van der Waals surface area contributed by atoms with Gasteiger partial charge in [-0.3, -0.25) is 9.59 Å². The molecule has 1 aliphatic heterocycles. The number of aromatic nitrogens is 1. The van der Waals surface area contributed by atoms with Crippen molar-refractivity contribution in [2.75, 3.05) is 13.7 Å². The fraction of sp³-hybridized carbons (Fsp3) is 0.542. The number of amides is 1. The predicted molar refractivity (Wildman–Crippen MR) is 121 cm³/mol. The summed E-state index contributed by atoms with van der Waals surface area (Å²) in [6.07, 6.45) is 4.66. The summed E-state index contributed by atoms with van der Waals surface area (Å²) in [5, 5.41) is 3.02. The molecular weight excluding hydrogens is 412 g/mol. The normalized spacial score (nSPS) is 18.8. The Balaban J connectivity index is 1.82. The molecule has 1 fully saturated rings. The van der Waals surface area contributed by atoms with Crippen LogP contribution < -0.4 is 4.74 Å². The molecule has 1 saturated heterocycles. The van der Waals surface area contributed by atoms with Crippen molar-refractivity contribution in [3.05, 3.63) is 45.9 Å². The SMILES string of the molecule is CCCCN1C(=O)CCC(C(=O)OCc2csc(CCC)n2)C1c1ccccc1OC. The first-order chi connectivity index (χ1) is 15.1. The number of likely N-dealkylation sites (tertiary alicyclic amines) is 1. The first-order valence-electron chi connectivity index (χ1n) is 11.1. The molecule has 2 heterocycles. The number of para-hydroxylation sites is 1. The highest BCUT2D eigenvalue weighted by molar-refractivity contribution is 7.09. The zero-order valence-corrected chi connectivity index (χ0v) is 19.5. The summed E-state index contributed by atoms with van der Waals surface area (Å²) in [6, 6.07) is 7.25. The first kappa shape index (κ1) is 23.3. The molecule has 2 atom stereocenters. The molecular formula is C24H32N2O4S. The van der Waals surface area contributed by atoms with Gasteiger partial charge in [0.05, 0.1) is 29.8 Å². The summed E-state index contributed by atoms with van der Waals surface area (Å²) >= 11 is 1.60. The molecule has 168 valence electrons. The van der Waals surface area contributed by atoms with Crippen LogP contribution in [0.2, 0.25) is 0 Å². The summed E-state index contributed by atoms with van der Waals surface area (Å²) in [7, 11) is 1.61. The molecule has 0 radical (unpaired) electrons. The topological polar surface area (TPSA) is 68.7 Å². The van der Waals surface area contributed by atoms with E-state index >= 15 is 0 Å². The highest BCUT2D eigenvalue weighted by Crippen LogP contribution is 2.41. The number of benzene rings is 1. The lowest BCUT2D eigenvalue weighted by Crippen LogP contribution is -2.46. The second-order valence-electron chi connectivity index (χ2n) is 7.86. The van der Waals surface area contributed by atoms with Crippen LogP contribution >= 0.6 is 11.3 Å². The number of aryl methyl sites for hydroxylation is 1. The molecule has 1 aromatic carbocycles. The van der Waals surface area contributed by atoms with Crippen LogP contribution in [0.15, 0.2) is 29.6 Å². The van der Waals surface area contributed by atoms with Crippen LogP contribution in [0.3, 0.4) is 0 Å². The van der Waals surface area contributed by atoms with Gasteiger partial charge in [-0.15, -0.1) is 11.3 Å². The van der Waals surface area contributed by atoms with Crippen LogP contribution in [0.1, 0.15) is 68.3 Å². The standard InChI is InChI=1S/C24H32N2O4S/c1-4-6-14-26-22(27)13-12-19(23(26)18-10-7-8-11-20(18)29-3)24(28)30-15-17-16-31-21(25-17)9-5-2/h7-8,10-11,16,19,23H,4-6,9,12-15H2,1-3H3. The number of methoxy groups -OCH3 is 1. The molecule has 2 aromatic rings. The van der Waals surface area contributed by atoms with Gasteiger partial charge in [0.25, 0.3) is 0 Å². The van der Waals surface area contributed by atoms with E-state index in [9.17, 15) is 9.59 Å². The Bertz CT molecular complexity index is 882. The molecule has 2 unspecified atom stereocenters. The average molecular weight is 445 g/mol. The van der Waals surface area contributed by atoms with E-state index in [-0.39, 0.29) is 24.5 Å². The van der Waals surface area contributed by atoms with Crippen molar-refractivity contribution in [3.8, 4) is 5.75 Å². The largest absolute Gasteiger partial charge is 0.496 e. The predicted octanol–water partition coefficient (Wildman–Crippen LogP) is 4.93. The van der Waals surface area contributed by atoms with E-state index in [1.807, 2.05) is 34.5 Å². The molecule has 0 bridgehead atoms. The number of hydrogen-bond acceptors (Lipinski definition) is 6. The minimum Gasteiger partial charge on any atom is -0.496 e. The lowest BCUT2D eigenvalue weighted by molar-refractivity contribution is -0.158. The lowest BCUT2D eigenvalue weighted by Gasteiger charge is -2.40. The summed E-state index contributed by atoms with van der Waals surface area (Å²) in [6.45, 7) is 5.00. The maximum absolute atomic E-state index is 13.2. The van der Waals surface area contributed by atoms with Crippen LogP contribution in [0, 0.1) is 5.92 Å². The van der Waals surface area contributed by atoms with E-state index in [2.05, 4.69) is 18.8 Å². The number of unbranched alkanes of at least 4 members (excludes halogenated alkanes) is 1. The van der Waals surface area contributed by atoms with Crippen LogP contribution in [-0.4, -0.2) is 35.4 Å². The van der Waals surface area contributed by atoms with Gasteiger partial charge in [0.15, 0.2) is 0 Å². The van der Waals surface area contributed by atoms with Gasteiger partial charge in [-0.25, -0.2) is 4.98 Å². The van der Waals surface area contributed by atoms with E-state index < -0.39 is 5.92 Å². The van der Waals surface area contributed by atoms with Gasteiger partial charge in [-0.1, -0.05) is 38.5 Å². The van der Waals surface area contributed by atoms with Crippen molar-refractivity contribution < 1.29 is 19.1 Å². The number of ether oxygens (including phenoxy) is 2. The summed E-state index contributed by atoms with van der Waals surface area (Å²) in [5.41, 5.74) is 1.64. The van der Waals surface area contributed by atoms with Crippen LogP contribution in [-0.2, 0) is 27.4 Å². The Morgan fingerprint density at radius 2 is 2.06 bits per heavy atom. The number of thiazole rings is 1. The van der Waals surface area contributed by atoms with E-state index in [4.69, 9.17) is 9.47 Å². The number of carbonyl (C=O) groups excluding carboxylic acids is 2. The van der Waals surface area contributed by atoms with Crippen molar-refractivity contribution in [1.82, 2.24) is 9.88 Å². The van der Waals surface area contributed by atoms with Crippen LogP contribution in [0.5, 0.6) is 5.75 Å². The third-order valence-corrected chi connectivity index (χ3v) is 6.60. The second kappa shape index (κ2) is 11.3. The summed E-state index contributed by atoms with van der Waals surface area (Å²) in [4.78, 5) is 32.4. The van der Waals surface area contributed by atoms with Crippen molar-refractivity contribution in [2.45, 2.75) is 65.0 Å². The van der Waals surface area contributed by atoms with E-state index in [0.717, 1.165) is 41.9 Å². The third-order valence-electron chi connectivity index (χ3n) is 5.64. The zero-order valence-electron chi connectivity index (χ0n) is 18.6. The Labute approximate surface area is 188 Å². The zero-order chi connectivity index (χ0) is 22.2. The number of rotatable bonds is 10. The highest BCUT2D eigenvalue weighted by Gasteiger charge is 2.42. The number of nitrogens with zero attached hydrogens (tertiary/aromatic N) is 2. The molecule has 31 heavy (non-hydrogen) atoms. The average Bonchev–Trinajstić information content (AvgIpc) is 3.24. The molecule has 6 nitrogen and oxygen atoms in total. The van der Waals surface area contributed by atoms with Gasteiger partial charge in [-0.2, -0.15) is 0 Å². The lowest BCUT2D eigenvalue weighted by atomic mass is 9.83. The third kappa shape index (κ3) is 5.64. The Morgan fingerprint density at radius 3 is 2.81 bits per heavy atom. The summed E-state index contributed by atoms with van der Waals surface area (Å²) < 4.78 is 11.3. The number of esters is 1. The fourth-order valence-electron chi connectivity index (χ4n) is 4.08. The van der Waals surface area contributed by atoms with Crippen LogP contribution in [0.25, 0.3) is 0 Å². The number of carbonyl (C=O) groups is 2. The molecule has 0 N–H and O–H groups in total. The molecule has 0 aliphatic carbocycles. The van der Waals surface area contributed by atoms with Gasteiger partial charge in [0, 0.05) is 23.9 Å². The maximum Gasteiger partial charge on any atom is 0.311 e. The summed E-state index contributed by atoms with van der Waals surface area (Å²) in [5.74, 6) is 0.0527. The van der Waals surface area contributed by atoms with Gasteiger partial charge in [0.2, 0.25) is 5.91 Å². The fourth-order valence-corrected chi connectivity index (χ4v) is 4.97. The minimum atomic E-state index is -0.431. The molecule has 1 aliphatic rings. The second-order valence-corrected chi connectivity index (χ2v) is 8.81. The van der Waals surface area contributed by atoms with Crippen LogP contribution in [0.4, 0.5) is 0 Å². The van der Waals surface area contributed by atoms with Gasteiger partial charge in [0.1, 0.15) is 12.4 Å².